The number of piperazine rings is 1. The summed E-state index contributed by atoms with van der Waals surface area (Å²) < 4.78 is 10.5. The lowest BCUT2D eigenvalue weighted by Gasteiger charge is -2.37. The number of rotatable bonds is 5. The zero-order valence-electron chi connectivity index (χ0n) is 15.4. The Morgan fingerprint density at radius 3 is 2.64 bits per heavy atom. The van der Waals surface area contributed by atoms with Crippen LogP contribution in [0.2, 0.25) is 0 Å². The first-order valence-corrected chi connectivity index (χ1v) is 9.03. The summed E-state index contributed by atoms with van der Waals surface area (Å²) in [5, 5.41) is 10.7. The fourth-order valence-corrected chi connectivity index (χ4v) is 3.70. The van der Waals surface area contributed by atoms with Gasteiger partial charge in [0.05, 0.1) is 13.4 Å². The number of H-pyrrole nitrogens is 1. The van der Waals surface area contributed by atoms with E-state index >= 15 is 0 Å². The van der Waals surface area contributed by atoms with Crippen LogP contribution in [0.25, 0.3) is 10.9 Å². The molecule has 28 heavy (non-hydrogen) atoms. The summed E-state index contributed by atoms with van der Waals surface area (Å²) in [5.74, 6) is -0.124. The largest absolute Gasteiger partial charge is 0.497 e. The van der Waals surface area contributed by atoms with Gasteiger partial charge in [-0.1, -0.05) is 0 Å². The predicted molar refractivity (Wildman–Crippen MR) is 101 cm³/mol. The molecule has 0 radical (unpaired) electrons. The fourth-order valence-electron chi connectivity index (χ4n) is 3.70. The van der Waals surface area contributed by atoms with Crippen molar-refractivity contribution < 1.29 is 23.8 Å². The smallest absolute Gasteiger partial charge is 0.325 e. The minimum Gasteiger partial charge on any atom is -0.497 e. The lowest BCUT2D eigenvalue weighted by Crippen LogP contribution is -2.50. The Morgan fingerprint density at radius 2 is 2.00 bits per heavy atom. The summed E-state index contributed by atoms with van der Waals surface area (Å²) in [6, 6.07) is 8.05. The standard InChI is InChI=1S/C20H21N3O5/c1-27-13-4-5-16-14(11-13)15(12-21-16)18(20(25)26)22-6-8-23(9-7-22)19(24)17-3-2-10-28-17/h2-5,10-12,18,21H,6-9H2,1H3,(H,25,26)/t18-/m0/s1. The lowest BCUT2D eigenvalue weighted by molar-refractivity contribution is -0.144. The number of nitrogens with one attached hydrogen (secondary N) is 1. The van der Waals surface area contributed by atoms with Crippen molar-refractivity contribution in [1.29, 1.82) is 0 Å². The van der Waals surface area contributed by atoms with Crippen LogP contribution in [0.5, 0.6) is 5.75 Å². The number of carbonyl (C=O) groups is 2. The first kappa shape index (κ1) is 18.1. The van der Waals surface area contributed by atoms with Gasteiger partial charge in [0.2, 0.25) is 0 Å². The molecule has 1 atom stereocenters. The quantitative estimate of drug-likeness (QED) is 0.702. The minimum absolute atomic E-state index is 0.173. The Hall–Kier alpha value is -3.26. The molecule has 4 rings (SSSR count). The van der Waals surface area contributed by atoms with Gasteiger partial charge in [0.25, 0.3) is 5.91 Å². The van der Waals surface area contributed by atoms with E-state index in [0.717, 1.165) is 10.9 Å². The van der Waals surface area contributed by atoms with Crippen molar-refractivity contribution in [1.82, 2.24) is 14.8 Å². The summed E-state index contributed by atoms with van der Waals surface area (Å²) in [5.41, 5.74) is 1.54. The molecule has 1 saturated heterocycles. The van der Waals surface area contributed by atoms with Crippen LogP contribution in [0.3, 0.4) is 0 Å². The second-order valence-electron chi connectivity index (χ2n) is 6.70. The molecule has 8 heteroatoms. The number of carbonyl (C=O) groups excluding carboxylic acids is 1. The molecule has 8 nitrogen and oxygen atoms in total. The number of ether oxygens (including phenoxy) is 1. The highest BCUT2D eigenvalue weighted by Crippen LogP contribution is 2.31. The van der Waals surface area contributed by atoms with Crippen molar-refractivity contribution in [2.45, 2.75) is 6.04 Å². The van der Waals surface area contributed by atoms with Gasteiger partial charge in [0, 0.05) is 48.8 Å². The van der Waals surface area contributed by atoms with Crippen LogP contribution in [0.4, 0.5) is 0 Å². The number of carboxylic acids is 1. The van der Waals surface area contributed by atoms with Crippen LogP contribution in [0, 0.1) is 0 Å². The molecule has 2 N–H and O–H groups in total. The molecule has 2 aromatic heterocycles. The van der Waals surface area contributed by atoms with Crippen LogP contribution >= 0.6 is 0 Å². The topological polar surface area (TPSA) is 99.0 Å². The van der Waals surface area contributed by atoms with E-state index in [2.05, 4.69) is 4.98 Å². The highest BCUT2D eigenvalue weighted by atomic mass is 16.5. The third kappa shape index (κ3) is 3.22. The maximum Gasteiger partial charge on any atom is 0.325 e. The van der Waals surface area contributed by atoms with Crippen LogP contribution in [-0.4, -0.2) is 65.1 Å². The number of benzene rings is 1. The van der Waals surface area contributed by atoms with Gasteiger partial charge in [-0.05, 0) is 30.3 Å². The van der Waals surface area contributed by atoms with E-state index in [1.54, 1.807) is 30.3 Å². The number of methoxy groups -OCH3 is 1. The highest BCUT2D eigenvalue weighted by Gasteiger charge is 2.33. The predicted octanol–water partition coefficient (Wildman–Crippen LogP) is 2.35. The van der Waals surface area contributed by atoms with Crippen molar-refractivity contribution in [3.63, 3.8) is 0 Å². The van der Waals surface area contributed by atoms with E-state index in [0.29, 0.717) is 43.3 Å². The van der Waals surface area contributed by atoms with Gasteiger partial charge in [-0.2, -0.15) is 0 Å². The molecule has 146 valence electrons. The molecular weight excluding hydrogens is 362 g/mol. The molecule has 1 aromatic carbocycles. The average Bonchev–Trinajstić information content (AvgIpc) is 3.38. The van der Waals surface area contributed by atoms with Gasteiger partial charge in [-0.3, -0.25) is 14.5 Å². The highest BCUT2D eigenvalue weighted by molar-refractivity contribution is 5.92. The number of furan rings is 1. The second-order valence-corrected chi connectivity index (χ2v) is 6.70. The van der Waals surface area contributed by atoms with Gasteiger partial charge < -0.3 is 24.1 Å². The fraction of sp³-hybridized carbons (Fsp3) is 0.300. The normalized spacial score (nSPS) is 16.2. The third-order valence-corrected chi connectivity index (χ3v) is 5.15. The Bertz CT molecular complexity index is 987. The number of hydrogen-bond donors (Lipinski definition) is 2. The molecule has 1 aliphatic heterocycles. The summed E-state index contributed by atoms with van der Waals surface area (Å²) in [6.07, 6.45) is 3.21. The van der Waals surface area contributed by atoms with Gasteiger partial charge in [0.15, 0.2) is 5.76 Å². The zero-order chi connectivity index (χ0) is 19.7. The van der Waals surface area contributed by atoms with Crippen molar-refractivity contribution in [2.75, 3.05) is 33.3 Å². The van der Waals surface area contributed by atoms with Gasteiger partial charge >= 0.3 is 5.97 Å². The van der Waals surface area contributed by atoms with Gasteiger partial charge in [-0.25, -0.2) is 0 Å². The Balaban J connectivity index is 1.55. The van der Waals surface area contributed by atoms with Crippen LogP contribution in [0.15, 0.2) is 47.2 Å². The Kier molecular flexibility index (Phi) is 4.79. The number of amides is 1. The molecule has 1 aliphatic rings. The maximum atomic E-state index is 12.4. The number of aromatic nitrogens is 1. The Morgan fingerprint density at radius 1 is 1.21 bits per heavy atom. The molecule has 0 aliphatic carbocycles. The minimum atomic E-state index is -0.922. The average molecular weight is 383 g/mol. The summed E-state index contributed by atoms with van der Waals surface area (Å²) >= 11 is 0. The van der Waals surface area contributed by atoms with Crippen molar-refractivity contribution in [2.24, 2.45) is 0 Å². The van der Waals surface area contributed by atoms with E-state index in [4.69, 9.17) is 9.15 Å². The van der Waals surface area contributed by atoms with Crippen LogP contribution in [-0.2, 0) is 4.79 Å². The first-order chi connectivity index (χ1) is 13.6. The van der Waals surface area contributed by atoms with Crippen molar-refractivity contribution in [3.8, 4) is 5.75 Å². The van der Waals surface area contributed by atoms with E-state index in [9.17, 15) is 14.7 Å². The first-order valence-electron chi connectivity index (χ1n) is 9.03. The molecule has 3 aromatic rings. The van der Waals surface area contributed by atoms with Crippen LogP contribution < -0.4 is 4.74 Å². The number of aromatic amines is 1. The Labute approximate surface area is 161 Å². The third-order valence-electron chi connectivity index (χ3n) is 5.15. The van der Waals surface area contributed by atoms with E-state index in [1.807, 2.05) is 23.1 Å². The number of fused-ring (bicyclic) bond motifs is 1. The molecule has 0 saturated carbocycles. The molecule has 1 amide bonds. The summed E-state index contributed by atoms with van der Waals surface area (Å²) in [7, 11) is 1.58. The van der Waals surface area contributed by atoms with E-state index in [-0.39, 0.29) is 5.91 Å². The number of hydrogen-bond acceptors (Lipinski definition) is 5. The van der Waals surface area contributed by atoms with Crippen molar-refractivity contribution in [3.05, 3.63) is 54.1 Å². The number of carboxylic acid groups (broad SMARTS) is 1. The molecule has 1 fully saturated rings. The zero-order valence-corrected chi connectivity index (χ0v) is 15.4. The SMILES string of the molecule is COc1ccc2[nH]cc([C@@H](C(=O)O)N3CCN(C(=O)c4ccco4)CC3)c2c1. The van der Waals surface area contributed by atoms with E-state index < -0.39 is 12.0 Å². The molecular formula is C20H21N3O5. The molecule has 0 unspecified atom stereocenters. The number of aliphatic carboxylic acids is 1. The van der Waals surface area contributed by atoms with Crippen LogP contribution in [0.1, 0.15) is 22.2 Å². The molecule has 3 heterocycles. The molecule has 0 bridgehead atoms. The summed E-state index contributed by atoms with van der Waals surface area (Å²) in [4.78, 5) is 31.2. The van der Waals surface area contributed by atoms with Gasteiger partial charge in [-0.15, -0.1) is 0 Å². The maximum absolute atomic E-state index is 12.4. The van der Waals surface area contributed by atoms with Gasteiger partial charge in [0.1, 0.15) is 11.8 Å². The second kappa shape index (κ2) is 7.40. The molecule has 0 spiro atoms. The van der Waals surface area contributed by atoms with E-state index in [1.165, 1.54) is 6.26 Å². The van der Waals surface area contributed by atoms with Crippen molar-refractivity contribution >= 4 is 22.8 Å². The monoisotopic (exact) mass is 383 g/mol. The summed E-state index contributed by atoms with van der Waals surface area (Å²) in [6.45, 7) is 1.80. The lowest BCUT2D eigenvalue weighted by atomic mass is 10.0. The number of nitrogens with zero attached hydrogens (tertiary/aromatic N) is 2.